The van der Waals surface area contributed by atoms with Crippen LogP contribution in [0.5, 0.6) is 0 Å². The maximum Gasteiger partial charge on any atom is 0.106 e. The molecule has 0 radical (unpaired) electrons. The van der Waals surface area contributed by atoms with Gasteiger partial charge in [0.2, 0.25) is 0 Å². The van der Waals surface area contributed by atoms with Crippen LogP contribution in [0.25, 0.3) is 6.08 Å². The van der Waals surface area contributed by atoms with Crippen molar-refractivity contribution in [1.82, 2.24) is 0 Å². The van der Waals surface area contributed by atoms with Crippen LogP contribution in [0.2, 0.25) is 0 Å². The second kappa shape index (κ2) is 7.18. The molecule has 0 spiro atoms. The van der Waals surface area contributed by atoms with Crippen LogP contribution in [-0.4, -0.2) is 33.6 Å². The van der Waals surface area contributed by atoms with Crippen molar-refractivity contribution < 1.29 is 15.3 Å². The van der Waals surface area contributed by atoms with Crippen molar-refractivity contribution in [2.24, 2.45) is 5.73 Å². The highest BCUT2D eigenvalue weighted by Crippen LogP contribution is 2.30. The number of rotatable bonds is 5. The zero-order valence-corrected chi connectivity index (χ0v) is 12.3. The van der Waals surface area contributed by atoms with E-state index in [0.717, 1.165) is 31.2 Å². The molecule has 0 unspecified atom stereocenters. The molecule has 1 aliphatic carbocycles. The Morgan fingerprint density at radius 2 is 1.90 bits per heavy atom. The van der Waals surface area contributed by atoms with E-state index < -0.39 is 17.8 Å². The minimum atomic E-state index is -0.985. The molecule has 0 aliphatic heterocycles. The molecule has 1 saturated carbocycles. The third-order valence-electron chi connectivity index (χ3n) is 4.16. The smallest absolute Gasteiger partial charge is 0.106 e. The van der Waals surface area contributed by atoms with Crippen molar-refractivity contribution in [2.75, 3.05) is 6.54 Å². The molecule has 5 N–H and O–H groups in total. The SMILES string of the molecule is NC[C@@H](O)[C@@H](O)c1cccc(/C=C/C2(O)CCCCC2)c1. The van der Waals surface area contributed by atoms with Gasteiger partial charge in [-0.05, 0) is 30.0 Å². The van der Waals surface area contributed by atoms with E-state index in [9.17, 15) is 15.3 Å². The van der Waals surface area contributed by atoms with Crippen molar-refractivity contribution in [3.63, 3.8) is 0 Å². The molecule has 1 aromatic rings. The van der Waals surface area contributed by atoms with Crippen LogP contribution in [0.4, 0.5) is 0 Å². The number of aliphatic hydroxyl groups is 3. The van der Waals surface area contributed by atoms with E-state index in [2.05, 4.69) is 0 Å². The molecule has 116 valence electrons. The van der Waals surface area contributed by atoms with E-state index in [1.165, 1.54) is 6.42 Å². The third kappa shape index (κ3) is 4.38. The summed E-state index contributed by atoms with van der Waals surface area (Å²) in [5, 5.41) is 30.0. The summed E-state index contributed by atoms with van der Waals surface area (Å²) in [5.74, 6) is 0. The fourth-order valence-electron chi connectivity index (χ4n) is 2.78. The summed E-state index contributed by atoms with van der Waals surface area (Å²) < 4.78 is 0. The van der Waals surface area contributed by atoms with Gasteiger partial charge in [0, 0.05) is 6.54 Å². The average molecular weight is 291 g/mol. The molecule has 0 amide bonds. The third-order valence-corrected chi connectivity index (χ3v) is 4.16. The zero-order chi connectivity index (χ0) is 15.3. The lowest BCUT2D eigenvalue weighted by Crippen LogP contribution is -2.28. The van der Waals surface area contributed by atoms with Crippen molar-refractivity contribution in [2.45, 2.75) is 49.9 Å². The van der Waals surface area contributed by atoms with Crippen LogP contribution in [0.3, 0.4) is 0 Å². The molecule has 1 aromatic carbocycles. The monoisotopic (exact) mass is 291 g/mol. The van der Waals surface area contributed by atoms with Crippen molar-refractivity contribution >= 4 is 6.08 Å². The Balaban J connectivity index is 2.10. The summed E-state index contributed by atoms with van der Waals surface area (Å²) >= 11 is 0. The lowest BCUT2D eigenvalue weighted by molar-refractivity contribution is 0.0243. The van der Waals surface area contributed by atoms with Gasteiger partial charge in [0.05, 0.1) is 11.7 Å². The van der Waals surface area contributed by atoms with Crippen LogP contribution >= 0.6 is 0 Å². The molecule has 2 atom stereocenters. The van der Waals surface area contributed by atoms with Gasteiger partial charge in [0.1, 0.15) is 6.10 Å². The standard InChI is InChI=1S/C17H25NO3/c18-12-15(19)16(20)14-6-4-5-13(11-14)7-10-17(21)8-2-1-3-9-17/h4-7,10-11,15-16,19-21H,1-3,8-9,12,18H2/b10-7+/t15-,16+/m1/s1. The Morgan fingerprint density at radius 3 is 2.57 bits per heavy atom. The first kappa shape index (κ1) is 16.2. The van der Waals surface area contributed by atoms with Gasteiger partial charge in [-0.1, -0.05) is 49.6 Å². The highest BCUT2D eigenvalue weighted by Gasteiger charge is 2.25. The first-order valence-electron chi connectivity index (χ1n) is 7.62. The quantitative estimate of drug-likeness (QED) is 0.665. The molecule has 0 saturated heterocycles. The molecule has 21 heavy (non-hydrogen) atoms. The number of aliphatic hydroxyl groups excluding tert-OH is 2. The Morgan fingerprint density at radius 1 is 1.19 bits per heavy atom. The molecule has 0 aromatic heterocycles. The second-order valence-electron chi connectivity index (χ2n) is 5.92. The van der Waals surface area contributed by atoms with E-state index >= 15 is 0 Å². The van der Waals surface area contributed by atoms with E-state index in [-0.39, 0.29) is 6.54 Å². The van der Waals surface area contributed by atoms with Gasteiger partial charge in [0.15, 0.2) is 0 Å². The minimum absolute atomic E-state index is 0.0149. The molecular weight excluding hydrogens is 266 g/mol. The largest absolute Gasteiger partial charge is 0.389 e. The van der Waals surface area contributed by atoms with Crippen LogP contribution in [0, 0.1) is 0 Å². The van der Waals surface area contributed by atoms with Gasteiger partial charge in [-0.15, -0.1) is 0 Å². The Labute approximate surface area is 125 Å². The second-order valence-corrected chi connectivity index (χ2v) is 5.92. The molecule has 1 fully saturated rings. The van der Waals surface area contributed by atoms with Crippen LogP contribution in [0.1, 0.15) is 49.3 Å². The average Bonchev–Trinajstić information content (AvgIpc) is 2.52. The fraction of sp³-hybridized carbons (Fsp3) is 0.529. The fourth-order valence-corrected chi connectivity index (χ4v) is 2.78. The minimum Gasteiger partial charge on any atom is -0.389 e. The maximum atomic E-state index is 10.4. The van der Waals surface area contributed by atoms with Crippen LogP contribution in [-0.2, 0) is 0 Å². The van der Waals surface area contributed by atoms with Gasteiger partial charge >= 0.3 is 0 Å². The van der Waals surface area contributed by atoms with E-state index in [4.69, 9.17) is 5.73 Å². The highest BCUT2D eigenvalue weighted by atomic mass is 16.3. The summed E-state index contributed by atoms with van der Waals surface area (Å²) in [7, 11) is 0. The Kier molecular flexibility index (Phi) is 5.53. The van der Waals surface area contributed by atoms with E-state index in [0.29, 0.717) is 5.56 Å². The summed E-state index contributed by atoms with van der Waals surface area (Å²) in [6.07, 6.45) is 6.70. The predicted molar refractivity (Wildman–Crippen MR) is 83.5 cm³/mol. The lowest BCUT2D eigenvalue weighted by Gasteiger charge is -2.28. The van der Waals surface area contributed by atoms with E-state index in [1.54, 1.807) is 6.07 Å². The number of benzene rings is 1. The molecule has 4 heteroatoms. The highest BCUT2D eigenvalue weighted by molar-refractivity contribution is 5.52. The van der Waals surface area contributed by atoms with Gasteiger partial charge in [-0.2, -0.15) is 0 Å². The molecule has 0 bridgehead atoms. The van der Waals surface area contributed by atoms with Crippen molar-refractivity contribution in [1.29, 1.82) is 0 Å². The number of hydrogen-bond donors (Lipinski definition) is 4. The topological polar surface area (TPSA) is 86.7 Å². The van der Waals surface area contributed by atoms with E-state index in [1.807, 2.05) is 30.4 Å². The summed E-state index contributed by atoms with van der Waals surface area (Å²) in [5.41, 5.74) is 6.19. The molecule has 4 nitrogen and oxygen atoms in total. The molecular formula is C17H25NO3. The van der Waals surface area contributed by atoms with Gasteiger partial charge in [0.25, 0.3) is 0 Å². The Bertz CT molecular complexity index is 481. The maximum absolute atomic E-state index is 10.4. The summed E-state index contributed by atoms with van der Waals surface area (Å²) in [6, 6.07) is 7.31. The van der Waals surface area contributed by atoms with Crippen molar-refractivity contribution in [3.8, 4) is 0 Å². The summed E-state index contributed by atoms with van der Waals surface area (Å²) in [6.45, 7) is 0.0149. The molecule has 1 aliphatic rings. The lowest BCUT2D eigenvalue weighted by atomic mass is 9.84. The normalized spacial score (nSPS) is 21.3. The summed E-state index contributed by atoms with van der Waals surface area (Å²) in [4.78, 5) is 0. The first-order valence-corrected chi connectivity index (χ1v) is 7.62. The molecule has 2 rings (SSSR count). The number of nitrogens with two attached hydrogens (primary N) is 1. The Hall–Kier alpha value is -1.20. The van der Waals surface area contributed by atoms with Crippen LogP contribution < -0.4 is 5.73 Å². The van der Waals surface area contributed by atoms with Gasteiger partial charge in [-0.3, -0.25) is 0 Å². The van der Waals surface area contributed by atoms with Crippen molar-refractivity contribution in [3.05, 3.63) is 41.5 Å². The van der Waals surface area contributed by atoms with Crippen LogP contribution in [0.15, 0.2) is 30.3 Å². The molecule has 0 heterocycles. The zero-order valence-electron chi connectivity index (χ0n) is 12.3. The number of hydrogen-bond acceptors (Lipinski definition) is 4. The van der Waals surface area contributed by atoms with Gasteiger partial charge < -0.3 is 21.1 Å². The van der Waals surface area contributed by atoms with Gasteiger partial charge in [-0.25, -0.2) is 0 Å². The first-order chi connectivity index (χ1) is 10.0. The predicted octanol–water partition coefficient (Wildman–Crippen LogP) is 1.75.